The van der Waals surface area contributed by atoms with Gasteiger partial charge in [-0.05, 0) is 37.9 Å². The third-order valence-electron chi connectivity index (χ3n) is 5.32. The van der Waals surface area contributed by atoms with Crippen molar-refractivity contribution < 1.29 is 0 Å². The van der Waals surface area contributed by atoms with E-state index in [0.29, 0.717) is 0 Å². The molecule has 0 bridgehead atoms. The molecule has 3 nitrogen and oxygen atoms in total. The summed E-state index contributed by atoms with van der Waals surface area (Å²) >= 11 is 0. The SMILES string of the molecule is CCCCCCn1c(CCCCCCCCCCN)nc2ccccc21. The number of para-hydroxylation sites is 2. The molecule has 0 atom stereocenters. The number of imidazole rings is 1. The van der Waals surface area contributed by atoms with Crippen molar-refractivity contribution in [1.82, 2.24) is 9.55 Å². The minimum atomic E-state index is 0.847. The van der Waals surface area contributed by atoms with Gasteiger partial charge in [-0.1, -0.05) is 76.8 Å². The fraction of sp³-hybridized carbons (Fsp3) is 0.696. The Kier molecular flexibility index (Phi) is 10.4. The average Bonchev–Trinajstić information content (AvgIpc) is 3.01. The van der Waals surface area contributed by atoms with Crippen molar-refractivity contribution >= 4 is 11.0 Å². The number of fused-ring (bicyclic) bond motifs is 1. The Morgan fingerprint density at radius 1 is 0.808 bits per heavy atom. The summed E-state index contributed by atoms with van der Waals surface area (Å²) in [6, 6.07) is 8.63. The molecule has 0 fully saturated rings. The van der Waals surface area contributed by atoms with E-state index in [9.17, 15) is 0 Å². The van der Waals surface area contributed by atoms with Gasteiger partial charge in [0.15, 0.2) is 0 Å². The molecule has 26 heavy (non-hydrogen) atoms. The highest BCUT2D eigenvalue weighted by molar-refractivity contribution is 5.75. The van der Waals surface area contributed by atoms with Gasteiger partial charge in [0, 0.05) is 13.0 Å². The first-order chi connectivity index (χ1) is 12.9. The lowest BCUT2D eigenvalue weighted by Crippen LogP contribution is -2.04. The first-order valence-electron chi connectivity index (χ1n) is 11.0. The number of nitrogens with two attached hydrogens (primary N) is 1. The van der Waals surface area contributed by atoms with E-state index in [4.69, 9.17) is 10.7 Å². The van der Waals surface area contributed by atoms with Crippen LogP contribution < -0.4 is 5.73 Å². The van der Waals surface area contributed by atoms with Gasteiger partial charge in [-0.2, -0.15) is 0 Å². The number of nitrogens with zero attached hydrogens (tertiary/aromatic N) is 2. The van der Waals surface area contributed by atoms with Crippen LogP contribution in [0.2, 0.25) is 0 Å². The summed E-state index contributed by atoms with van der Waals surface area (Å²) in [6.07, 6.45) is 16.9. The Hall–Kier alpha value is -1.35. The summed E-state index contributed by atoms with van der Waals surface area (Å²) < 4.78 is 2.48. The van der Waals surface area contributed by atoms with E-state index in [1.807, 2.05) is 0 Å². The van der Waals surface area contributed by atoms with Crippen LogP contribution in [-0.4, -0.2) is 16.1 Å². The number of rotatable bonds is 15. The second-order valence-corrected chi connectivity index (χ2v) is 7.60. The van der Waals surface area contributed by atoms with Gasteiger partial charge in [-0.25, -0.2) is 4.98 Å². The zero-order valence-electron chi connectivity index (χ0n) is 16.9. The van der Waals surface area contributed by atoms with Gasteiger partial charge in [-0.3, -0.25) is 0 Å². The van der Waals surface area contributed by atoms with Crippen molar-refractivity contribution in [2.75, 3.05) is 6.54 Å². The molecule has 146 valence electrons. The van der Waals surface area contributed by atoms with E-state index in [0.717, 1.165) is 25.0 Å². The summed E-state index contributed by atoms with van der Waals surface area (Å²) in [7, 11) is 0. The summed E-state index contributed by atoms with van der Waals surface area (Å²) in [4.78, 5) is 4.93. The molecule has 2 aromatic rings. The van der Waals surface area contributed by atoms with E-state index in [-0.39, 0.29) is 0 Å². The smallest absolute Gasteiger partial charge is 0.109 e. The Labute approximate surface area is 160 Å². The predicted octanol–water partition coefficient (Wildman–Crippen LogP) is 6.24. The summed E-state index contributed by atoms with van der Waals surface area (Å²) in [5, 5.41) is 0. The molecule has 0 radical (unpaired) electrons. The van der Waals surface area contributed by atoms with Gasteiger partial charge < -0.3 is 10.3 Å². The number of aryl methyl sites for hydroxylation is 2. The highest BCUT2D eigenvalue weighted by Gasteiger charge is 2.09. The van der Waals surface area contributed by atoms with Gasteiger partial charge in [0.1, 0.15) is 5.82 Å². The Bertz CT molecular complexity index is 603. The maximum absolute atomic E-state index is 5.54. The zero-order chi connectivity index (χ0) is 18.5. The first kappa shape index (κ1) is 21.0. The molecule has 3 heteroatoms. The van der Waals surface area contributed by atoms with Crippen LogP contribution in [0.5, 0.6) is 0 Å². The van der Waals surface area contributed by atoms with Crippen LogP contribution in [0.3, 0.4) is 0 Å². The Morgan fingerprint density at radius 3 is 2.19 bits per heavy atom. The zero-order valence-corrected chi connectivity index (χ0v) is 16.9. The van der Waals surface area contributed by atoms with E-state index >= 15 is 0 Å². The molecule has 0 saturated heterocycles. The van der Waals surface area contributed by atoms with Crippen molar-refractivity contribution in [1.29, 1.82) is 0 Å². The van der Waals surface area contributed by atoms with Crippen LogP contribution in [-0.2, 0) is 13.0 Å². The van der Waals surface area contributed by atoms with E-state index in [1.165, 1.54) is 88.4 Å². The standard InChI is InChI=1S/C23H39N3/c1-2-3-4-15-20-26-22-17-13-12-16-21(22)25-23(26)18-11-9-7-5-6-8-10-14-19-24/h12-13,16-17H,2-11,14-15,18-20,24H2,1H3. The van der Waals surface area contributed by atoms with Crippen LogP contribution in [0.1, 0.15) is 89.8 Å². The van der Waals surface area contributed by atoms with Gasteiger partial charge in [0.05, 0.1) is 11.0 Å². The number of hydrogen-bond acceptors (Lipinski definition) is 2. The van der Waals surface area contributed by atoms with Crippen LogP contribution >= 0.6 is 0 Å². The third kappa shape index (κ3) is 7.11. The molecule has 0 aliphatic carbocycles. The highest BCUT2D eigenvalue weighted by Crippen LogP contribution is 2.19. The third-order valence-corrected chi connectivity index (χ3v) is 5.32. The molecule has 1 aromatic heterocycles. The van der Waals surface area contributed by atoms with Crippen LogP contribution in [0.15, 0.2) is 24.3 Å². The molecule has 0 spiro atoms. The summed E-state index contributed by atoms with van der Waals surface area (Å²) in [5.74, 6) is 1.30. The van der Waals surface area contributed by atoms with Gasteiger partial charge in [0.25, 0.3) is 0 Å². The van der Waals surface area contributed by atoms with Gasteiger partial charge in [0.2, 0.25) is 0 Å². The number of unbranched alkanes of at least 4 members (excludes halogenated alkanes) is 10. The minimum absolute atomic E-state index is 0.847. The van der Waals surface area contributed by atoms with Crippen molar-refractivity contribution in [2.24, 2.45) is 5.73 Å². The Morgan fingerprint density at radius 2 is 1.46 bits per heavy atom. The van der Waals surface area contributed by atoms with Crippen LogP contribution in [0.4, 0.5) is 0 Å². The molecule has 2 N–H and O–H groups in total. The number of benzene rings is 1. The summed E-state index contributed by atoms with van der Waals surface area (Å²) in [5.41, 5.74) is 8.02. The second kappa shape index (κ2) is 12.9. The predicted molar refractivity (Wildman–Crippen MR) is 114 cm³/mol. The number of hydrogen-bond donors (Lipinski definition) is 1. The average molecular weight is 358 g/mol. The van der Waals surface area contributed by atoms with Crippen LogP contribution in [0, 0.1) is 0 Å². The molecular formula is C23H39N3. The normalized spacial score (nSPS) is 11.5. The van der Waals surface area contributed by atoms with E-state index < -0.39 is 0 Å². The largest absolute Gasteiger partial charge is 0.330 e. The van der Waals surface area contributed by atoms with E-state index in [2.05, 4.69) is 35.8 Å². The molecule has 0 saturated carbocycles. The maximum atomic E-state index is 5.54. The van der Waals surface area contributed by atoms with Gasteiger partial charge >= 0.3 is 0 Å². The molecule has 1 heterocycles. The van der Waals surface area contributed by atoms with Crippen molar-refractivity contribution in [2.45, 2.75) is 96.9 Å². The summed E-state index contributed by atoms with van der Waals surface area (Å²) in [6.45, 7) is 4.24. The lowest BCUT2D eigenvalue weighted by molar-refractivity contribution is 0.547. The van der Waals surface area contributed by atoms with Crippen LogP contribution in [0.25, 0.3) is 11.0 Å². The first-order valence-corrected chi connectivity index (χ1v) is 11.0. The highest BCUT2D eigenvalue weighted by atomic mass is 15.1. The van der Waals surface area contributed by atoms with Crippen molar-refractivity contribution in [3.63, 3.8) is 0 Å². The molecular weight excluding hydrogens is 318 g/mol. The van der Waals surface area contributed by atoms with Gasteiger partial charge in [-0.15, -0.1) is 0 Å². The number of aromatic nitrogens is 2. The maximum Gasteiger partial charge on any atom is 0.109 e. The molecule has 1 aromatic carbocycles. The molecule has 0 unspecified atom stereocenters. The molecule has 0 aliphatic heterocycles. The second-order valence-electron chi connectivity index (χ2n) is 7.60. The van der Waals surface area contributed by atoms with E-state index in [1.54, 1.807) is 0 Å². The van der Waals surface area contributed by atoms with Crippen molar-refractivity contribution in [3.8, 4) is 0 Å². The fourth-order valence-electron chi connectivity index (χ4n) is 3.75. The van der Waals surface area contributed by atoms with Crippen molar-refractivity contribution in [3.05, 3.63) is 30.1 Å². The fourth-order valence-corrected chi connectivity index (χ4v) is 3.75. The molecule has 0 amide bonds. The quantitative estimate of drug-likeness (QED) is 0.383. The monoisotopic (exact) mass is 357 g/mol. The molecule has 2 rings (SSSR count). The Balaban J connectivity index is 1.76. The minimum Gasteiger partial charge on any atom is -0.330 e. The molecule has 0 aliphatic rings. The lowest BCUT2D eigenvalue weighted by atomic mass is 10.1. The lowest BCUT2D eigenvalue weighted by Gasteiger charge is -2.09. The topological polar surface area (TPSA) is 43.8 Å².